The fourth-order valence-electron chi connectivity index (χ4n) is 2.03. The van der Waals surface area contributed by atoms with Crippen molar-refractivity contribution >= 4 is 12.1 Å². The highest BCUT2D eigenvalue weighted by molar-refractivity contribution is 5.85. The van der Waals surface area contributed by atoms with Gasteiger partial charge in [0.05, 0.1) is 6.21 Å². The van der Waals surface area contributed by atoms with Gasteiger partial charge in [-0.1, -0.05) is 23.8 Å². The van der Waals surface area contributed by atoms with E-state index in [1.807, 2.05) is 0 Å². The van der Waals surface area contributed by atoms with Gasteiger partial charge in [-0.3, -0.25) is 4.79 Å². The molecule has 0 radical (unpaired) electrons. The van der Waals surface area contributed by atoms with Crippen LogP contribution in [0.2, 0.25) is 0 Å². The molecule has 1 rings (SSSR count). The van der Waals surface area contributed by atoms with Gasteiger partial charge in [-0.25, -0.2) is 5.01 Å². The SMILES string of the molecule is C=CCCN(N=Cc1c(C)cc(C)cc1C)C(C)=O. The minimum Gasteiger partial charge on any atom is -0.273 e. The second-order valence-electron chi connectivity index (χ2n) is 4.78. The number of benzene rings is 1. The number of nitrogens with zero attached hydrogens (tertiary/aromatic N) is 2. The standard InChI is InChI=1S/C16H22N2O/c1-6-7-8-18(15(5)19)17-11-16-13(3)9-12(2)10-14(16)4/h6,9-11H,1,7-8H2,2-5H3. The van der Waals surface area contributed by atoms with Gasteiger partial charge in [0, 0.05) is 19.0 Å². The fourth-order valence-corrected chi connectivity index (χ4v) is 2.03. The third kappa shape index (κ3) is 4.36. The molecule has 19 heavy (non-hydrogen) atoms. The molecule has 1 aromatic rings. The average molecular weight is 258 g/mol. The molecule has 0 bridgehead atoms. The van der Waals surface area contributed by atoms with Crippen molar-refractivity contribution in [3.8, 4) is 0 Å². The molecule has 0 fully saturated rings. The number of rotatable bonds is 5. The van der Waals surface area contributed by atoms with E-state index in [-0.39, 0.29) is 5.91 Å². The van der Waals surface area contributed by atoms with Gasteiger partial charge in [-0.05, 0) is 38.3 Å². The Morgan fingerprint density at radius 1 is 1.32 bits per heavy atom. The molecular formula is C16H22N2O. The van der Waals surface area contributed by atoms with Crippen LogP contribution in [0.4, 0.5) is 0 Å². The van der Waals surface area contributed by atoms with Gasteiger partial charge in [0.2, 0.25) is 5.91 Å². The quantitative estimate of drug-likeness (QED) is 0.453. The summed E-state index contributed by atoms with van der Waals surface area (Å²) in [5, 5.41) is 5.77. The van der Waals surface area contributed by atoms with Crippen molar-refractivity contribution in [3.05, 3.63) is 47.0 Å². The van der Waals surface area contributed by atoms with Crippen molar-refractivity contribution in [1.82, 2.24) is 5.01 Å². The van der Waals surface area contributed by atoms with Gasteiger partial charge in [-0.2, -0.15) is 5.10 Å². The van der Waals surface area contributed by atoms with E-state index in [4.69, 9.17) is 0 Å². The molecule has 0 N–H and O–H groups in total. The van der Waals surface area contributed by atoms with Crippen LogP contribution in [0.1, 0.15) is 35.6 Å². The normalized spacial score (nSPS) is 10.7. The highest BCUT2D eigenvalue weighted by atomic mass is 16.2. The Kier molecular flexibility index (Phi) is 5.49. The topological polar surface area (TPSA) is 32.7 Å². The minimum absolute atomic E-state index is 0.0551. The van der Waals surface area contributed by atoms with E-state index in [0.717, 1.165) is 12.0 Å². The Labute approximate surface area is 115 Å². The van der Waals surface area contributed by atoms with Crippen LogP contribution in [0, 0.1) is 20.8 Å². The van der Waals surface area contributed by atoms with E-state index < -0.39 is 0 Å². The van der Waals surface area contributed by atoms with E-state index in [2.05, 4.69) is 44.6 Å². The predicted molar refractivity (Wildman–Crippen MR) is 80.4 cm³/mol. The maximum absolute atomic E-state index is 11.5. The molecule has 0 unspecified atom stereocenters. The molecule has 3 nitrogen and oxygen atoms in total. The summed E-state index contributed by atoms with van der Waals surface area (Å²) < 4.78 is 0. The number of hydrogen-bond acceptors (Lipinski definition) is 2. The van der Waals surface area contributed by atoms with E-state index in [1.165, 1.54) is 28.6 Å². The first-order chi connectivity index (χ1) is 8.95. The number of amides is 1. The lowest BCUT2D eigenvalue weighted by Crippen LogP contribution is -2.24. The summed E-state index contributed by atoms with van der Waals surface area (Å²) in [6, 6.07) is 4.24. The minimum atomic E-state index is -0.0551. The number of carbonyl (C=O) groups is 1. The first-order valence-corrected chi connectivity index (χ1v) is 6.46. The maximum Gasteiger partial charge on any atom is 0.239 e. The zero-order chi connectivity index (χ0) is 14.4. The summed E-state index contributed by atoms with van der Waals surface area (Å²) in [7, 11) is 0. The molecule has 0 heterocycles. The number of hydrazone groups is 1. The smallest absolute Gasteiger partial charge is 0.239 e. The summed E-state index contributed by atoms with van der Waals surface area (Å²) in [6.07, 6.45) is 4.30. The second-order valence-corrected chi connectivity index (χ2v) is 4.78. The highest BCUT2D eigenvalue weighted by Crippen LogP contribution is 2.14. The summed E-state index contributed by atoms with van der Waals surface area (Å²) in [5.41, 5.74) is 4.67. The van der Waals surface area contributed by atoms with Gasteiger partial charge in [-0.15, -0.1) is 6.58 Å². The Bertz CT molecular complexity index is 480. The Morgan fingerprint density at radius 3 is 2.37 bits per heavy atom. The van der Waals surface area contributed by atoms with Crippen molar-refractivity contribution in [3.63, 3.8) is 0 Å². The molecule has 0 aromatic heterocycles. The van der Waals surface area contributed by atoms with Gasteiger partial charge >= 0.3 is 0 Å². The number of carbonyl (C=O) groups excluding carboxylic acids is 1. The molecule has 0 aliphatic heterocycles. The molecule has 1 amide bonds. The van der Waals surface area contributed by atoms with Crippen molar-refractivity contribution in [1.29, 1.82) is 0 Å². The molecular weight excluding hydrogens is 236 g/mol. The van der Waals surface area contributed by atoms with Crippen molar-refractivity contribution in [2.24, 2.45) is 5.10 Å². The summed E-state index contributed by atoms with van der Waals surface area (Å²) in [4.78, 5) is 11.5. The van der Waals surface area contributed by atoms with Crippen LogP contribution in [-0.2, 0) is 4.79 Å². The number of hydrogen-bond donors (Lipinski definition) is 0. The largest absolute Gasteiger partial charge is 0.273 e. The van der Waals surface area contributed by atoms with E-state index >= 15 is 0 Å². The molecule has 0 aliphatic rings. The summed E-state index contributed by atoms with van der Waals surface area (Å²) >= 11 is 0. The zero-order valence-electron chi connectivity index (χ0n) is 12.2. The van der Waals surface area contributed by atoms with Crippen LogP contribution in [0.15, 0.2) is 29.9 Å². The van der Waals surface area contributed by atoms with Crippen LogP contribution >= 0.6 is 0 Å². The summed E-state index contributed by atoms with van der Waals surface area (Å²) in [6.45, 7) is 11.9. The lowest BCUT2D eigenvalue weighted by atomic mass is 10.0. The lowest BCUT2D eigenvalue weighted by molar-refractivity contribution is -0.128. The van der Waals surface area contributed by atoms with Crippen molar-refractivity contribution in [2.45, 2.75) is 34.1 Å². The molecule has 0 atom stereocenters. The first kappa shape index (κ1) is 15.2. The monoisotopic (exact) mass is 258 g/mol. The van der Waals surface area contributed by atoms with E-state index in [9.17, 15) is 4.79 Å². The fraction of sp³-hybridized carbons (Fsp3) is 0.375. The third-order valence-electron chi connectivity index (χ3n) is 2.97. The maximum atomic E-state index is 11.5. The van der Waals surface area contributed by atoms with Gasteiger partial charge in [0.25, 0.3) is 0 Å². The Hall–Kier alpha value is -1.90. The second kappa shape index (κ2) is 6.88. The molecule has 0 saturated heterocycles. The molecule has 3 heteroatoms. The van der Waals surface area contributed by atoms with Gasteiger partial charge < -0.3 is 0 Å². The van der Waals surface area contributed by atoms with E-state index in [0.29, 0.717) is 6.54 Å². The molecule has 1 aromatic carbocycles. The first-order valence-electron chi connectivity index (χ1n) is 6.46. The Balaban J connectivity index is 2.95. The predicted octanol–water partition coefficient (Wildman–Crippen LogP) is 3.37. The average Bonchev–Trinajstić information content (AvgIpc) is 2.31. The Morgan fingerprint density at radius 2 is 1.89 bits per heavy atom. The van der Waals surface area contributed by atoms with Crippen LogP contribution in [0.5, 0.6) is 0 Å². The van der Waals surface area contributed by atoms with Crippen LogP contribution < -0.4 is 0 Å². The van der Waals surface area contributed by atoms with E-state index in [1.54, 1.807) is 12.3 Å². The van der Waals surface area contributed by atoms with Crippen LogP contribution in [0.3, 0.4) is 0 Å². The number of aryl methyl sites for hydroxylation is 3. The molecule has 102 valence electrons. The van der Waals surface area contributed by atoms with Crippen molar-refractivity contribution in [2.75, 3.05) is 6.54 Å². The van der Waals surface area contributed by atoms with Crippen molar-refractivity contribution < 1.29 is 4.79 Å². The van der Waals surface area contributed by atoms with Gasteiger partial charge in [0.15, 0.2) is 0 Å². The summed E-state index contributed by atoms with van der Waals surface area (Å²) in [5.74, 6) is -0.0551. The molecule has 0 aliphatic carbocycles. The van der Waals surface area contributed by atoms with Crippen LogP contribution in [-0.4, -0.2) is 23.7 Å². The molecule has 0 spiro atoms. The lowest BCUT2D eigenvalue weighted by Gasteiger charge is -2.14. The zero-order valence-corrected chi connectivity index (χ0v) is 12.2. The third-order valence-corrected chi connectivity index (χ3v) is 2.97. The molecule has 0 saturated carbocycles. The van der Waals surface area contributed by atoms with Gasteiger partial charge in [0.1, 0.15) is 0 Å². The highest BCUT2D eigenvalue weighted by Gasteiger charge is 2.06. The van der Waals surface area contributed by atoms with Crippen LogP contribution in [0.25, 0.3) is 0 Å².